The lowest BCUT2D eigenvalue weighted by molar-refractivity contribution is 0.0600. The van der Waals surface area contributed by atoms with Gasteiger partial charge in [0.25, 0.3) is 0 Å². The quantitative estimate of drug-likeness (QED) is 0.747. The summed E-state index contributed by atoms with van der Waals surface area (Å²) in [4.78, 5) is 13.0. The fraction of sp³-hybridized carbons (Fsp3) is 0.615. The normalized spacial score (nSPS) is 11.2. The van der Waals surface area contributed by atoms with Gasteiger partial charge in [0, 0.05) is 10.3 Å². The van der Waals surface area contributed by atoms with Crippen molar-refractivity contribution in [2.24, 2.45) is 5.92 Å². The summed E-state index contributed by atoms with van der Waals surface area (Å²) in [5, 5.41) is 1.93. The maximum Gasteiger partial charge on any atom is 0.338 e. The van der Waals surface area contributed by atoms with Gasteiger partial charge in [-0.05, 0) is 23.8 Å². The lowest BCUT2D eigenvalue weighted by atomic mass is 9.96. The van der Waals surface area contributed by atoms with Crippen molar-refractivity contribution in [1.29, 1.82) is 0 Å². The number of thiophene rings is 1. The molecule has 0 saturated heterocycles. The molecule has 0 unspecified atom stereocenters. The van der Waals surface area contributed by atoms with E-state index in [9.17, 15) is 4.79 Å². The van der Waals surface area contributed by atoms with Crippen LogP contribution >= 0.6 is 11.3 Å². The van der Waals surface area contributed by atoms with E-state index < -0.39 is 0 Å². The number of hydrogen-bond acceptors (Lipinski definition) is 3. The maximum atomic E-state index is 11.6. The monoisotopic (exact) mass is 240 g/mol. The summed E-state index contributed by atoms with van der Waals surface area (Å²) < 4.78 is 4.82. The number of carbonyl (C=O) groups excluding carboxylic acids is 1. The van der Waals surface area contributed by atoms with Crippen molar-refractivity contribution in [3.8, 4) is 0 Å². The van der Waals surface area contributed by atoms with Crippen LogP contribution in [-0.4, -0.2) is 13.1 Å². The van der Waals surface area contributed by atoms with Gasteiger partial charge in [-0.2, -0.15) is 0 Å². The van der Waals surface area contributed by atoms with Gasteiger partial charge in [0.05, 0.1) is 12.7 Å². The summed E-state index contributed by atoms with van der Waals surface area (Å²) in [6.45, 7) is 8.67. The average Bonchev–Trinajstić information content (AvgIpc) is 2.59. The Morgan fingerprint density at radius 2 is 2.00 bits per heavy atom. The van der Waals surface area contributed by atoms with Crippen LogP contribution in [0.25, 0.3) is 0 Å². The Kier molecular flexibility index (Phi) is 4.54. The van der Waals surface area contributed by atoms with E-state index in [1.165, 1.54) is 17.6 Å². The third-order valence-electron chi connectivity index (χ3n) is 2.47. The van der Waals surface area contributed by atoms with Gasteiger partial charge in [0.2, 0.25) is 0 Å². The lowest BCUT2D eigenvalue weighted by Crippen LogP contribution is -2.07. The van der Waals surface area contributed by atoms with E-state index in [-0.39, 0.29) is 5.97 Å². The van der Waals surface area contributed by atoms with Crippen LogP contribution < -0.4 is 0 Å². The highest BCUT2D eigenvalue weighted by atomic mass is 32.1. The molecule has 0 aromatic carbocycles. The Bertz CT molecular complexity index is 364. The van der Waals surface area contributed by atoms with Crippen molar-refractivity contribution in [3.05, 3.63) is 21.4 Å². The second-order valence-electron chi connectivity index (χ2n) is 4.74. The Morgan fingerprint density at radius 1 is 1.38 bits per heavy atom. The molecule has 0 amide bonds. The SMILES string of the molecule is COC(=O)c1csc(C(C)C)c1CC(C)C. The Labute approximate surface area is 102 Å². The Morgan fingerprint density at radius 3 is 2.44 bits per heavy atom. The number of hydrogen-bond donors (Lipinski definition) is 0. The fourth-order valence-electron chi connectivity index (χ4n) is 1.78. The first-order valence-electron chi connectivity index (χ1n) is 5.65. The molecule has 0 atom stereocenters. The third-order valence-corrected chi connectivity index (χ3v) is 3.79. The van der Waals surface area contributed by atoms with Crippen molar-refractivity contribution in [2.75, 3.05) is 7.11 Å². The minimum Gasteiger partial charge on any atom is -0.465 e. The van der Waals surface area contributed by atoms with E-state index in [1.54, 1.807) is 11.3 Å². The molecular weight excluding hydrogens is 220 g/mol. The average molecular weight is 240 g/mol. The summed E-state index contributed by atoms with van der Waals surface area (Å²) in [5.74, 6) is 0.812. The Hall–Kier alpha value is -0.830. The zero-order valence-corrected chi connectivity index (χ0v) is 11.5. The van der Waals surface area contributed by atoms with Crippen LogP contribution in [0.5, 0.6) is 0 Å². The van der Waals surface area contributed by atoms with Gasteiger partial charge in [-0.25, -0.2) is 4.79 Å². The van der Waals surface area contributed by atoms with Crippen LogP contribution in [0.1, 0.15) is 54.4 Å². The molecule has 0 aliphatic carbocycles. The van der Waals surface area contributed by atoms with E-state index in [0.29, 0.717) is 11.8 Å². The van der Waals surface area contributed by atoms with Crippen LogP contribution in [0, 0.1) is 5.92 Å². The number of methoxy groups -OCH3 is 1. The van der Waals surface area contributed by atoms with Crippen LogP contribution in [-0.2, 0) is 11.2 Å². The minimum absolute atomic E-state index is 0.209. The van der Waals surface area contributed by atoms with Gasteiger partial charge in [-0.3, -0.25) is 0 Å². The third kappa shape index (κ3) is 2.85. The van der Waals surface area contributed by atoms with E-state index in [2.05, 4.69) is 27.7 Å². The zero-order valence-electron chi connectivity index (χ0n) is 10.7. The number of rotatable bonds is 4. The number of ether oxygens (including phenoxy) is 1. The predicted molar refractivity (Wildman–Crippen MR) is 68.3 cm³/mol. The van der Waals surface area contributed by atoms with Crippen molar-refractivity contribution in [1.82, 2.24) is 0 Å². The molecule has 1 heterocycles. The van der Waals surface area contributed by atoms with Crippen LogP contribution in [0.4, 0.5) is 0 Å². The number of carbonyl (C=O) groups is 1. The topological polar surface area (TPSA) is 26.3 Å². The molecule has 2 nitrogen and oxygen atoms in total. The molecule has 1 rings (SSSR count). The first-order valence-corrected chi connectivity index (χ1v) is 6.53. The highest BCUT2D eigenvalue weighted by Gasteiger charge is 2.20. The van der Waals surface area contributed by atoms with Gasteiger partial charge in [-0.15, -0.1) is 11.3 Å². The predicted octanol–water partition coefficient (Wildman–Crippen LogP) is 3.86. The molecule has 0 aliphatic heterocycles. The van der Waals surface area contributed by atoms with E-state index in [1.807, 2.05) is 5.38 Å². The number of esters is 1. The summed E-state index contributed by atoms with van der Waals surface area (Å²) >= 11 is 1.67. The van der Waals surface area contributed by atoms with Crippen molar-refractivity contribution in [2.45, 2.75) is 40.0 Å². The highest BCUT2D eigenvalue weighted by molar-refractivity contribution is 7.10. The second-order valence-corrected chi connectivity index (χ2v) is 5.65. The fourth-order valence-corrected chi connectivity index (χ4v) is 2.87. The summed E-state index contributed by atoms with van der Waals surface area (Å²) in [5.41, 5.74) is 1.94. The molecule has 0 fully saturated rings. The van der Waals surface area contributed by atoms with E-state index >= 15 is 0 Å². The van der Waals surface area contributed by atoms with Crippen molar-refractivity contribution in [3.63, 3.8) is 0 Å². The van der Waals surface area contributed by atoms with Crippen LogP contribution in [0.3, 0.4) is 0 Å². The largest absolute Gasteiger partial charge is 0.465 e. The van der Waals surface area contributed by atoms with E-state index in [0.717, 1.165) is 12.0 Å². The minimum atomic E-state index is -0.209. The van der Waals surface area contributed by atoms with Crippen molar-refractivity contribution < 1.29 is 9.53 Å². The van der Waals surface area contributed by atoms with Crippen LogP contribution in [0.15, 0.2) is 5.38 Å². The Balaban J connectivity index is 3.14. The van der Waals surface area contributed by atoms with Gasteiger partial charge in [0.15, 0.2) is 0 Å². The molecule has 0 radical (unpaired) electrons. The zero-order chi connectivity index (χ0) is 12.3. The lowest BCUT2D eigenvalue weighted by Gasteiger charge is -2.11. The molecule has 90 valence electrons. The van der Waals surface area contributed by atoms with Gasteiger partial charge >= 0.3 is 5.97 Å². The molecule has 16 heavy (non-hydrogen) atoms. The van der Waals surface area contributed by atoms with Crippen LogP contribution in [0.2, 0.25) is 0 Å². The first kappa shape index (κ1) is 13.2. The maximum absolute atomic E-state index is 11.6. The molecule has 0 aliphatic rings. The van der Waals surface area contributed by atoms with Gasteiger partial charge in [-0.1, -0.05) is 27.7 Å². The smallest absolute Gasteiger partial charge is 0.338 e. The summed E-state index contributed by atoms with van der Waals surface area (Å²) in [6.07, 6.45) is 0.946. The molecule has 1 aromatic rings. The second kappa shape index (κ2) is 5.48. The first-order chi connectivity index (χ1) is 7.47. The standard InChI is InChI=1S/C13H20O2S/c1-8(2)6-10-11(13(14)15-5)7-16-12(10)9(3)4/h7-9H,6H2,1-5H3. The molecule has 0 N–H and O–H groups in total. The molecule has 1 aromatic heterocycles. The van der Waals surface area contributed by atoms with Gasteiger partial charge < -0.3 is 4.74 Å². The molecule has 0 bridgehead atoms. The summed E-state index contributed by atoms with van der Waals surface area (Å²) in [7, 11) is 1.44. The molecular formula is C13H20O2S. The molecule has 0 saturated carbocycles. The molecule has 3 heteroatoms. The van der Waals surface area contributed by atoms with E-state index in [4.69, 9.17) is 4.74 Å². The van der Waals surface area contributed by atoms with Gasteiger partial charge in [0.1, 0.15) is 0 Å². The summed E-state index contributed by atoms with van der Waals surface area (Å²) in [6, 6.07) is 0. The van der Waals surface area contributed by atoms with Crippen molar-refractivity contribution >= 4 is 17.3 Å². The molecule has 0 spiro atoms. The highest BCUT2D eigenvalue weighted by Crippen LogP contribution is 2.31.